The quantitative estimate of drug-likeness (QED) is 0.891. The molecular formula is C13H15BrN2OS. The molecule has 0 fully saturated rings. The zero-order valence-corrected chi connectivity index (χ0v) is 12.7. The van der Waals surface area contributed by atoms with Crippen molar-refractivity contribution in [2.45, 2.75) is 13.5 Å². The SMILES string of the molecule is COc1cc(Br)cc(C)c1NCc1sccc1N. The third-order valence-corrected chi connectivity index (χ3v) is 4.08. The minimum Gasteiger partial charge on any atom is -0.495 e. The lowest BCUT2D eigenvalue weighted by Crippen LogP contribution is -2.03. The van der Waals surface area contributed by atoms with Gasteiger partial charge in [-0.15, -0.1) is 11.3 Å². The first-order chi connectivity index (χ1) is 8.61. The number of nitrogen functional groups attached to an aromatic ring is 1. The van der Waals surface area contributed by atoms with Crippen molar-refractivity contribution in [2.24, 2.45) is 0 Å². The Hall–Kier alpha value is -1.20. The highest BCUT2D eigenvalue weighted by molar-refractivity contribution is 9.10. The minimum absolute atomic E-state index is 0.711. The maximum absolute atomic E-state index is 5.87. The Bertz CT molecular complexity index is 554. The van der Waals surface area contributed by atoms with Crippen molar-refractivity contribution >= 4 is 38.6 Å². The van der Waals surface area contributed by atoms with E-state index >= 15 is 0 Å². The lowest BCUT2D eigenvalue weighted by molar-refractivity contribution is 0.416. The van der Waals surface area contributed by atoms with Gasteiger partial charge in [-0.2, -0.15) is 0 Å². The molecule has 1 aromatic heterocycles. The molecule has 0 saturated carbocycles. The molecule has 1 aromatic carbocycles. The molecule has 2 rings (SSSR count). The summed E-state index contributed by atoms with van der Waals surface area (Å²) in [5.74, 6) is 0.831. The van der Waals surface area contributed by atoms with Crippen LogP contribution in [0.5, 0.6) is 5.75 Å². The molecule has 2 aromatic rings. The molecule has 5 heteroatoms. The van der Waals surface area contributed by atoms with E-state index in [0.717, 1.165) is 32.0 Å². The fraction of sp³-hybridized carbons (Fsp3) is 0.231. The molecule has 96 valence electrons. The van der Waals surface area contributed by atoms with Crippen LogP contribution in [0.3, 0.4) is 0 Å². The highest BCUT2D eigenvalue weighted by Crippen LogP contribution is 2.33. The van der Waals surface area contributed by atoms with Crippen LogP contribution >= 0.6 is 27.3 Å². The topological polar surface area (TPSA) is 47.3 Å². The lowest BCUT2D eigenvalue weighted by atomic mass is 10.2. The first-order valence-corrected chi connectivity index (χ1v) is 7.19. The monoisotopic (exact) mass is 326 g/mol. The van der Waals surface area contributed by atoms with E-state index < -0.39 is 0 Å². The number of rotatable bonds is 4. The summed E-state index contributed by atoms with van der Waals surface area (Å²) in [5.41, 5.74) is 8.85. The number of hydrogen-bond donors (Lipinski definition) is 2. The van der Waals surface area contributed by atoms with Crippen molar-refractivity contribution < 1.29 is 4.74 Å². The predicted octanol–water partition coefficient (Wildman–Crippen LogP) is 4.02. The van der Waals surface area contributed by atoms with Gasteiger partial charge >= 0.3 is 0 Å². The van der Waals surface area contributed by atoms with Gasteiger partial charge in [0.2, 0.25) is 0 Å². The van der Waals surface area contributed by atoms with E-state index in [4.69, 9.17) is 10.5 Å². The molecule has 0 atom stereocenters. The second-order valence-corrected chi connectivity index (χ2v) is 5.87. The average Bonchev–Trinajstić information content (AvgIpc) is 2.73. The molecule has 0 spiro atoms. The number of nitrogens with one attached hydrogen (secondary N) is 1. The standard InChI is InChI=1S/C13H15BrN2OS/c1-8-5-9(14)6-11(17-2)13(8)16-7-12-10(15)3-4-18-12/h3-6,16H,7,15H2,1-2H3. The zero-order chi connectivity index (χ0) is 13.1. The summed E-state index contributed by atoms with van der Waals surface area (Å²) in [4.78, 5) is 1.14. The van der Waals surface area contributed by atoms with Crippen molar-refractivity contribution in [2.75, 3.05) is 18.2 Å². The molecule has 0 aliphatic carbocycles. The fourth-order valence-corrected chi connectivity index (χ4v) is 3.05. The Labute approximate surface area is 119 Å². The summed E-state index contributed by atoms with van der Waals surface area (Å²) in [6.07, 6.45) is 0. The first-order valence-electron chi connectivity index (χ1n) is 5.51. The van der Waals surface area contributed by atoms with E-state index in [1.165, 1.54) is 0 Å². The van der Waals surface area contributed by atoms with Gasteiger partial charge < -0.3 is 15.8 Å². The largest absolute Gasteiger partial charge is 0.495 e. The highest BCUT2D eigenvalue weighted by Gasteiger charge is 2.09. The van der Waals surface area contributed by atoms with Gasteiger partial charge in [0, 0.05) is 15.0 Å². The molecule has 0 aliphatic heterocycles. The van der Waals surface area contributed by atoms with E-state index in [9.17, 15) is 0 Å². The van der Waals surface area contributed by atoms with E-state index in [2.05, 4.69) is 27.3 Å². The number of ether oxygens (including phenoxy) is 1. The summed E-state index contributed by atoms with van der Waals surface area (Å²) in [5, 5.41) is 5.39. The number of aryl methyl sites for hydroxylation is 1. The number of benzene rings is 1. The summed E-state index contributed by atoms with van der Waals surface area (Å²) < 4.78 is 6.40. The predicted molar refractivity (Wildman–Crippen MR) is 81.5 cm³/mol. The lowest BCUT2D eigenvalue weighted by Gasteiger charge is -2.14. The third-order valence-electron chi connectivity index (χ3n) is 2.69. The van der Waals surface area contributed by atoms with Crippen LogP contribution < -0.4 is 15.8 Å². The molecule has 3 nitrogen and oxygen atoms in total. The summed E-state index contributed by atoms with van der Waals surface area (Å²) in [6, 6.07) is 5.93. The van der Waals surface area contributed by atoms with Crippen LogP contribution in [0.25, 0.3) is 0 Å². The number of nitrogens with two attached hydrogens (primary N) is 1. The fourth-order valence-electron chi connectivity index (χ4n) is 1.76. The summed E-state index contributed by atoms with van der Waals surface area (Å²) in [6.45, 7) is 2.76. The Kier molecular flexibility index (Phi) is 4.14. The maximum atomic E-state index is 5.87. The minimum atomic E-state index is 0.711. The van der Waals surface area contributed by atoms with Crippen molar-refractivity contribution in [1.82, 2.24) is 0 Å². The summed E-state index contributed by atoms with van der Waals surface area (Å²) in [7, 11) is 1.67. The normalized spacial score (nSPS) is 10.4. The molecule has 0 bridgehead atoms. The van der Waals surface area contributed by atoms with Crippen molar-refractivity contribution in [3.63, 3.8) is 0 Å². The molecule has 18 heavy (non-hydrogen) atoms. The van der Waals surface area contributed by atoms with Gasteiger partial charge in [0.05, 0.1) is 19.3 Å². The van der Waals surface area contributed by atoms with Crippen LogP contribution in [0, 0.1) is 6.92 Å². The smallest absolute Gasteiger partial charge is 0.143 e. The van der Waals surface area contributed by atoms with E-state index in [1.54, 1.807) is 18.4 Å². The second-order valence-electron chi connectivity index (χ2n) is 3.95. The van der Waals surface area contributed by atoms with E-state index in [0.29, 0.717) is 6.54 Å². The number of hydrogen-bond acceptors (Lipinski definition) is 4. The Morgan fingerprint density at radius 3 is 2.83 bits per heavy atom. The molecule has 1 heterocycles. The molecule has 0 unspecified atom stereocenters. The van der Waals surface area contributed by atoms with E-state index in [-0.39, 0.29) is 0 Å². The van der Waals surface area contributed by atoms with Gasteiger partial charge in [0.1, 0.15) is 5.75 Å². The molecular weight excluding hydrogens is 312 g/mol. The van der Waals surface area contributed by atoms with Gasteiger partial charge in [-0.3, -0.25) is 0 Å². The van der Waals surface area contributed by atoms with Crippen molar-refractivity contribution in [1.29, 1.82) is 0 Å². The van der Waals surface area contributed by atoms with Crippen molar-refractivity contribution in [3.05, 3.63) is 38.5 Å². The molecule has 0 saturated heterocycles. The number of thiophene rings is 1. The van der Waals surface area contributed by atoms with Crippen LogP contribution in [-0.4, -0.2) is 7.11 Å². The van der Waals surface area contributed by atoms with Gasteiger partial charge in [-0.25, -0.2) is 0 Å². The third kappa shape index (κ3) is 2.79. The summed E-state index contributed by atoms with van der Waals surface area (Å²) >= 11 is 5.12. The van der Waals surface area contributed by atoms with Crippen molar-refractivity contribution in [3.8, 4) is 5.75 Å². The molecule has 0 amide bonds. The van der Waals surface area contributed by atoms with E-state index in [1.807, 2.05) is 24.4 Å². The molecule has 3 N–H and O–H groups in total. The van der Waals surface area contributed by atoms with Gasteiger partial charge in [0.15, 0.2) is 0 Å². The van der Waals surface area contributed by atoms with Gasteiger partial charge in [-0.1, -0.05) is 15.9 Å². The number of anilines is 2. The number of methoxy groups -OCH3 is 1. The van der Waals surface area contributed by atoms with Crippen LogP contribution in [0.15, 0.2) is 28.1 Å². The van der Waals surface area contributed by atoms with Crippen LogP contribution in [0.4, 0.5) is 11.4 Å². The first kappa shape index (κ1) is 13.2. The zero-order valence-electron chi connectivity index (χ0n) is 10.3. The Morgan fingerprint density at radius 1 is 1.44 bits per heavy atom. The average molecular weight is 327 g/mol. The second kappa shape index (κ2) is 5.63. The maximum Gasteiger partial charge on any atom is 0.143 e. The highest BCUT2D eigenvalue weighted by atomic mass is 79.9. The van der Waals surface area contributed by atoms with Crippen LogP contribution in [-0.2, 0) is 6.54 Å². The Balaban J connectivity index is 2.21. The number of halogens is 1. The molecule has 0 radical (unpaired) electrons. The molecule has 0 aliphatic rings. The van der Waals surface area contributed by atoms with Gasteiger partial charge in [0.25, 0.3) is 0 Å². The Morgan fingerprint density at radius 2 is 2.22 bits per heavy atom. The van der Waals surface area contributed by atoms with Crippen LogP contribution in [0.2, 0.25) is 0 Å². The van der Waals surface area contributed by atoms with Gasteiger partial charge in [-0.05, 0) is 36.1 Å². The van der Waals surface area contributed by atoms with Crippen LogP contribution in [0.1, 0.15) is 10.4 Å².